The fourth-order valence-electron chi connectivity index (χ4n) is 3.85. The van der Waals surface area contributed by atoms with Crippen LogP contribution in [0.2, 0.25) is 0 Å². The summed E-state index contributed by atoms with van der Waals surface area (Å²) in [5.41, 5.74) is 9.21. The van der Waals surface area contributed by atoms with Gasteiger partial charge in [-0.15, -0.1) is 5.10 Å². The Kier molecular flexibility index (Phi) is 3.57. The molecule has 0 aliphatic carbocycles. The predicted molar refractivity (Wildman–Crippen MR) is 96.9 cm³/mol. The minimum Gasteiger partial charge on any atom is -0.366 e. The first kappa shape index (κ1) is 16.1. The molecule has 0 spiro atoms. The summed E-state index contributed by atoms with van der Waals surface area (Å²) in [4.78, 5) is 23.3. The summed E-state index contributed by atoms with van der Waals surface area (Å²) in [5, 5.41) is 7.07. The lowest BCUT2D eigenvalue weighted by molar-refractivity contribution is 0.0601. The van der Waals surface area contributed by atoms with Crippen molar-refractivity contribution in [3.8, 4) is 11.1 Å². The highest BCUT2D eigenvalue weighted by Crippen LogP contribution is 2.27. The summed E-state index contributed by atoms with van der Waals surface area (Å²) in [5.74, 6) is 0.0437. The first-order valence-corrected chi connectivity index (χ1v) is 8.87. The van der Waals surface area contributed by atoms with Crippen LogP contribution in [0.1, 0.15) is 16.1 Å². The zero-order valence-corrected chi connectivity index (χ0v) is 14.5. The molecule has 2 aliphatic heterocycles. The average Bonchev–Trinajstić information content (AvgIpc) is 3.25. The Morgan fingerprint density at radius 3 is 2.96 bits per heavy atom. The van der Waals surface area contributed by atoms with Gasteiger partial charge in [0.25, 0.3) is 5.91 Å². The molecule has 9 heteroatoms. The number of hydrogen-bond donors (Lipinski definition) is 2. The largest absolute Gasteiger partial charge is 0.366 e. The molecule has 5 heterocycles. The minimum atomic E-state index is -1.03. The van der Waals surface area contributed by atoms with Gasteiger partial charge in [0.1, 0.15) is 6.17 Å². The van der Waals surface area contributed by atoms with E-state index >= 15 is 0 Å². The van der Waals surface area contributed by atoms with Crippen molar-refractivity contribution >= 4 is 17.5 Å². The van der Waals surface area contributed by atoms with Crippen molar-refractivity contribution in [1.82, 2.24) is 29.8 Å². The van der Waals surface area contributed by atoms with Crippen LogP contribution in [0, 0.1) is 0 Å². The van der Waals surface area contributed by atoms with E-state index in [1.807, 2.05) is 18.2 Å². The van der Waals surface area contributed by atoms with Crippen molar-refractivity contribution in [3.63, 3.8) is 0 Å². The van der Waals surface area contributed by atoms with E-state index in [1.165, 1.54) is 0 Å². The maximum Gasteiger partial charge on any atom is 0.256 e. The van der Waals surface area contributed by atoms with Crippen LogP contribution in [0.25, 0.3) is 16.8 Å². The standard InChI is InChI=1S/C18H18FN7O/c19-13-8-21-9-15(13)25-3-2-14-12(17(25)27)5-11(7-22-14)10-1-4-26-16(6-10)23-18(20)24-26/h1,4-7,13,15,21H,2-3,8-9H2,(H2,20,24). The predicted octanol–water partition coefficient (Wildman–Crippen LogP) is 0.682. The molecular weight excluding hydrogens is 349 g/mol. The maximum atomic E-state index is 14.1. The molecule has 2 atom stereocenters. The molecule has 27 heavy (non-hydrogen) atoms. The lowest BCUT2D eigenvalue weighted by Gasteiger charge is -2.33. The van der Waals surface area contributed by atoms with Gasteiger partial charge in [0.05, 0.1) is 17.3 Å². The highest BCUT2D eigenvalue weighted by atomic mass is 19.1. The second-order valence-electron chi connectivity index (χ2n) is 6.90. The van der Waals surface area contributed by atoms with Crippen LogP contribution in [-0.2, 0) is 6.42 Å². The fourth-order valence-corrected chi connectivity index (χ4v) is 3.85. The van der Waals surface area contributed by atoms with Gasteiger partial charge in [-0.05, 0) is 23.8 Å². The Bertz CT molecular complexity index is 1050. The SMILES string of the molecule is Nc1nc2cc(-c3cnc4c(c3)C(=O)N(C3CNCC3F)CC4)ccn2n1. The number of rotatable bonds is 2. The number of fused-ring (bicyclic) bond motifs is 2. The van der Waals surface area contributed by atoms with Gasteiger partial charge in [-0.1, -0.05) is 0 Å². The van der Waals surface area contributed by atoms with E-state index in [0.717, 1.165) is 16.8 Å². The van der Waals surface area contributed by atoms with Crippen LogP contribution in [0.15, 0.2) is 30.6 Å². The van der Waals surface area contributed by atoms with Gasteiger partial charge in [0.15, 0.2) is 5.65 Å². The molecule has 138 valence electrons. The minimum absolute atomic E-state index is 0.158. The Hall–Kier alpha value is -3.07. The Labute approximate surface area is 154 Å². The smallest absolute Gasteiger partial charge is 0.256 e. The van der Waals surface area contributed by atoms with Crippen LogP contribution in [-0.4, -0.2) is 62.2 Å². The zero-order valence-electron chi connectivity index (χ0n) is 14.5. The number of amides is 1. The third-order valence-corrected chi connectivity index (χ3v) is 5.25. The Morgan fingerprint density at radius 2 is 2.15 bits per heavy atom. The van der Waals surface area contributed by atoms with E-state index in [4.69, 9.17) is 5.73 Å². The molecule has 3 N–H and O–H groups in total. The van der Waals surface area contributed by atoms with Crippen molar-refractivity contribution < 1.29 is 9.18 Å². The van der Waals surface area contributed by atoms with E-state index < -0.39 is 12.2 Å². The fraction of sp³-hybridized carbons (Fsp3) is 0.333. The van der Waals surface area contributed by atoms with E-state index in [1.54, 1.807) is 21.8 Å². The molecule has 1 fully saturated rings. The van der Waals surface area contributed by atoms with Crippen LogP contribution in [0.4, 0.5) is 10.3 Å². The molecule has 5 rings (SSSR count). The summed E-state index contributed by atoms with van der Waals surface area (Å²) in [6.45, 7) is 1.28. The number of nitrogen functional groups attached to an aromatic ring is 1. The molecule has 8 nitrogen and oxygen atoms in total. The third-order valence-electron chi connectivity index (χ3n) is 5.25. The van der Waals surface area contributed by atoms with Crippen LogP contribution in [0.5, 0.6) is 0 Å². The van der Waals surface area contributed by atoms with E-state index in [2.05, 4.69) is 20.4 Å². The highest BCUT2D eigenvalue weighted by molar-refractivity contribution is 5.97. The van der Waals surface area contributed by atoms with Crippen molar-refractivity contribution in [2.75, 3.05) is 25.4 Å². The summed E-state index contributed by atoms with van der Waals surface area (Å²) in [7, 11) is 0. The van der Waals surface area contributed by atoms with E-state index in [-0.39, 0.29) is 11.9 Å². The topological polar surface area (TPSA) is 101 Å². The molecule has 0 radical (unpaired) electrons. The number of nitrogens with one attached hydrogen (secondary N) is 1. The van der Waals surface area contributed by atoms with Crippen molar-refractivity contribution in [3.05, 3.63) is 41.9 Å². The number of carbonyl (C=O) groups excluding carboxylic acids is 1. The van der Waals surface area contributed by atoms with Gasteiger partial charge in [0.2, 0.25) is 5.95 Å². The molecule has 1 amide bonds. The summed E-state index contributed by atoms with van der Waals surface area (Å²) in [6.07, 6.45) is 3.11. The van der Waals surface area contributed by atoms with E-state index in [9.17, 15) is 9.18 Å². The molecular formula is C18H18FN7O. The maximum absolute atomic E-state index is 14.1. The van der Waals surface area contributed by atoms with Crippen molar-refractivity contribution in [2.45, 2.75) is 18.6 Å². The number of pyridine rings is 2. The zero-order chi connectivity index (χ0) is 18.5. The van der Waals surface area contributed by atoms with Crippen molar-refractivity contribution in [1.29, 1.82) is 0 Å². The molecule has 0 aromatic carbocycles. The first-order chi connectivity index (χ1) is 13.1. The Balaban J connectivity index is 1.51. The Morgan fingerprint density at radius 1 is 1.26 bits per heavy atom. The first-order valence-electron chi connectivity index (χ1n) is 8.87. The summed E-state index contributed by atoms with van der Waals surface area (Å²) < 4.78 is 15.7. The molecule has 0 bridgehead atoms. The lowest BCUT2D eigenvalue weighted by Crippen LogP contribution is -2.49. The number of alkyl halides is 1. The summed E-state index contributed by atoms with van der Waals surface area (Å²) in [6, 6.07) is 5.13. The normalized spacial score (nSPS) is 22.4. The van der Waals surface area contributed by atoms with Gasteiger partial charge in [0, 0.05) is 44.0 Å². The molecule has 3 aromatic heterocycles. The van der Waals surface area contributed by atoms with Gasteiger partial charge in [-0.25, -0.2) is 8.91 Å². The number of nitrogens with zero attached hydrogens (tertiary/aromatic N) is 5. The quantitative estimate of drug-likeness (QED) is 0.691. The van der Waals surface area contributed by atoms with Gasteiger partial charge in [-0.3, -0.25) is 9.78 Å². The average molecular weight is 367 g/mol. The number of nitrogens with two attached hydrogens (primary N) is 1. The van der Waals surface area contributed by atoms with E-state index in [0.29, 0.717) is 37.3 Å². The van der Waals surface area contributed by atoms with Crippen LogP contribution >= 0.6 is 0 Å². The molecule has 1 saturated heterocycles. The van der Waals surface area contributed by atoms with Crippen LogP contribution in [0.3, 0.4) is 0 Å². The van der Waals surface area contributed by atoms with Crippen molar-refractivity contribution in [2.24, 2.45) is 0 Å². The van der Waals surface area contributed by atoms with Gasteiger partial charge >= 0.3 is 0 Å². The van der Waals surface area contributed by atoms with Gasteiger partial charge in [-0.2, -0.15) is 4.98 Å². The second-order valence-corrected chi connectivity index (χ2v) is 6.90. The summed E-state index contributed by atoms with van der Waals surface area (Å²) >= 11 is 0. The lowest BCUT2D eigenvalue weighted by atomic mass is 9.98. The monoisotopic (exact) mass is 367 g/mol. The molecule has 0 saturated carbocycles. The molecule has 3 aromatic rings. The third kappa shape index (κ3) is 2.62. The number of hydrogen-bond acceptors (Lipinski definition) is 6. The number of anilines is 1. The number of halogens is 1. The molecule has 2 unspecified atom stereocenters. The molecule has 2 aliphatic rings. The highest BCUT2D eigenvalue weighted by Gasteiger charge is 2.38. The number of aromatic nitrogens is 4. The number of carbonyl (C=O) groups is 1. The van der Waals surface area contributed by atoms with Crippen LogP contribution < -0.4 is 11.1 Å². The van der Waals surface area contributed by atoms with Gasteiger partial charge < -0.3 is 16.0 Å². The second kappa shape index (κ2) is 5.98.